The van der Waals surface area contributed by atoms with Crippen molar-refractivity contribution in [3.05, 3.63) is 35.4 Å². The van der Waals surface area contributed by atoms with Gasteiger partial charge in [0.05, 0.1) is 6.54 Å². The first kappa shape index (κ1) is 17.0. The molecule has 4 heteroatoms. The molecule has 1 aliphatic rings. The van der Waals surface area contributed by atoms with E-state index < -0.39 is 0 Å². The number of hydrogen-bond acceptors (Lipinski definition) is 3. The first-order chi connectivity index (χ1) is 10.5. The zero-order valence-electron chi connectivity index (χ0n) is 14.4. The molecule has 0 N–H and O–H groups in total. The topological polar surface area (TPSA) is 26.8 Å². The summed E-state index contributed by atoms with van der Waals surface area (Å²) in [7, 11) is 3.65. The molecule has 0 bridgehead atoms. The Bertz CT molecular complexity index is 501. The lowest BCUT2D eigenvalue weighted by Crippen LogP contribution is -2.39. The number of hydrogen-bond donors (Lipinski definition) is 0. The van der Waals surface area contributed by atoms with E-state index in [2.05, 4.69) is 47.9 Å². The van der Waals surface area contributed by atoms with Crippen LogP contribution in [-0.4, -0.2) is 67.4 Å². The minimum absolute atomic E-state index is 0.195. The molecule has 1 amide bonds. The van der Waals surface area contributed by atoms with Crippen LogP contribution in [-0.2, 0) is 4.79 Å². The van der Waals surface area contributed by atoms with Gasteiger partial charge in [0.1, 0.15) is 0 Å². The van der Waals surface area contributed by atoms with Crippen molar-refractivity contribution >= 4 is 5.91 Å². The largest absolute Gasteiger partial charge is 0.348 e. The molecule has 1 unspecified atom stereocenters. The number of carbonyl (C=O) groups is 1. The fraction of sp³-hybridized carbons (Fsp3) is 0.611. The van der Waals surface area contributed by atoms with Crippen molar-refractivity contribution in [2.24, 2.45) is 0 Å². The third-order valence-electron chi connectivity index (χ3n) is 4.55. The number of carbonyl (C=O) groups excluding carboxylic acids is 1. The van der Waals surface area contributed by atoms with Crippen molar-refractivity contribution in [1.29, 1.82) is 0 Å². The van der Waals surface area contributed by atoms with Crippen LogP contribution in [0.5, 0.6) is 0 Å². The number of rotatable bonds is 4. The van der Waals surface area contributed by atoms with Crippen LogP contribution in [0, 0.1) is 6.92 Å². The lowest BCUT2D eigenvalue weighted by Gasteiger charge is -2.28. The van der Waals surface area contributed by atoms with Gasteiger partial charge in [0, 0.05) is 39.8 Å². The quantitative estimate of drug-likeness (QED) is 0.853. The zero-order chi connectivity index (χ0) is 16.1. The predicted octanol–water partition coefficient (Wildman–Crippen LogP) is 2.15. The second-order valence-electron chi connectivity index (χ2n) is 6.54. The maximum atomic E-state index is 11.9. The Morgan fingerprint density at radius 1 is 1.23 bits per heavy atom. The highest BCUT2D eigenvalue weighted by Gasteiger charge is 2.21. The Hall–Kier alpha value is -1.39. The van der Waals surface area contributed by atoms with Crippen molar-refractivity contribution in [3.63, 3.8) is 0 Å². The minimum atomic E-state index is 0.195. The molecule has 1 aromatic carbocycles. The predicted molar refractivity (Wildman–Crippen MR) is 90.9 cm³/mol. The average molecular weight is 303 g/mol. The normalized spacial score (nSPS) is 18.7. The van der Waals surface area contributed by atoms with E-state index in [-0.39, 0.29) is 5.91 Å². The van der Waals surface area contributed by atoms with Gasteiger partial charge in [0.2, 0.25) is 5.91 Å². The van der Waals surface area contributed by atoms with E-state index in [0.29, 0.717) is 12.6 Å². The highest BCUT2D eigenvalue weighted by atomic mass is 16.2. The Morgan fingerprint density at radius 3 is 2.68 bits per heavy atom. The molecule has 1 fully saturated rings. The van der Waals surface area contributed by atoms with Crippen molar-refractivity contribution in [2.45, 2.75) is 26.3 Å². The second kappa shape index (κ2) is 7.75. The van der Waals surface area contributed by atoms with Crippen molar-refractivity contribution in [1.82, 2.24) is 14.7 Å². The Morgan fingerprint density at radius 2 is 2.00 bits per heavy atom. The summed E-state index contributed by atoms with van der Waals surface area (Å²) in [4.78, 5) is 18.4. The molecule has 0 radical (unpaired) electrons. The summed E-state index contributed by atoms with van der Waals surface area (Å²) in [5.41, 5.74) is 2.70. The molecule has 1 aliphatic heterocycles. The van der Waals surface area contributed by atoms with Crippen LogP contribution in [0.2, 0.25) is 0 Å². The lowest BCUT2D eigenvalue weighted by molar-refractivity contribution is -0.129. The van der Waals surface area contributed by atoms with Crippen LogP contribution < -0.4 is 0 Å². The molecule has 1 aromatic rings. The van der Waals surface area contributed by atoms with E-state index in [1.54, 1.807) is 4.90 Å². The Labute approximate surface area is 134 Å². The Balaban J connectivity index is 1.93. The molecule has 2 rings (SSSR count). The molecular weight excluding hydrogens is 274 g/mol. The van der Waals surface area contributed by atoms with Gasteiger partial charge < -0.3 is 4.90 Å². The standard InChI is InChI=1S/C18H29N3O/c1-15-7-5-8-17(13-15)16(2)21-10-6-9-20(11-12-21)14-18(22)19(3)4/h5,7-8,13,16H,6,9-12,14H2,1-4H3. The highest BCUT2D eigenvalue weighted by Crippen LogP contribution is 2.22. The summed E-state index contributed by atoms with van der Waals surface area (Å²) < 4.78 is 0. The van der Waals surface area contributed by atoms with Crippen LogP contribution in [0.1, 0.15) is 30.5 Å². The first-order valence-electron chi connectivity index (χ1n) is 8.20. The summed E-state index contributed by atoms with van der Waals surface area (Å²) >= 11 is 0. The minimum Gasteiger partial charge on any atom is -0.348 e. The Kier molecular flexibility index (Phi) is 5.98. The van der Waals surface area contributed by atoms with Crippen molar-refractivity contribution < 1.29 is 4.79 Å². The van der Waals surface area contributed by atoms with E-state index in [9.17, 15) is 4.79 Å². The smallest absolute Gasteiger partial charge is 0.236 e. The zero-order valence-corrected chi connectivity index (χ0v) is 14.4. The molecule has 22 heavy (non-hydrogen) atoms. The van der Waals surface area contributed by atoms with Crippen LogP contribution in [0.15, 0.2) is 24.3 Å². The maximum Gasteiger partial charge on any atom is 0.236 e. The average Bonchev–Trinajstić information content (AvgIpc) is 2.72. The summed E-state index contributed by atoms with van der Waals surface area (Å²) in [6.45, 7) is 9.08. The van der Waals surface area contributed by atoms with Crippen molar-refractivity contribution in [3.8, 4) is 0 Å². The monoisotopic (exact) mass is 303 g/mol. The number of likely N-dealkylation sites (N-methyl/N-ethyl adjacent to an activating group) is 1. The summed E-state index contributed by atoms with van der Waals surface area (Å²) in [6, 6.07) is 9.22. The maximum absolute atomic E-state index is 11.9. The summed E-state index contributed by atoms with van der Waals surface area (Å²) in [6.07, 6.45) is 1.12. The molecular formula is C18H29N3O. The number of benzene rings is 1. The van der Waals surface area contributed by atoms with Gasteiger partial charge >= 0.3 is 0 Å². The van der Waals surface area contributed by atoms with Gasteiger partial charge in [-0.3, -0.25) is 14.6 Å². The van der Waals surface area contributed by atoms with Crippen LogP contribution in [0.4, 0.5) is 0 Å². The van der Waals surface area contributed by atoms with E-state index in [0.717, 1.165) is 32.6 Å². The van der Waals surface area contributed by atoms with E-state index >= 15 is 0 Å². The lowest BCUT2D eigenvalue weighted by atomic mass is 10.0. The molecule has 0 aliphatic carbocycles. The SMILES string of the molecule is Cc1cccc(C(C)N2CCCN(CC(=O)N(C)C)CC2)c1. The van der Waals surface area contributed by atoms with Gasteiger partial charge in [0.25, 0.3) is 0 Å². The molecule has 1 saturated heterocycles. The fourth-order valence-corrected chi connectivity index (χ4v) is 3.01. The fourth-order valence-electron chi connectivity index (χ4n) is 3.01. The van der Waals surface area contributed by atoms with Gasteiger partial charge in [-0.2, -0.15) is 0 Å². The van der Waals surface area contributed by atoms with E-state index in [4.69, 9.17) is 0 Å². The van der Waals surface area contributed by atoms with Crippen LogP contribution >= 0.6 is 0 Å². The molecule has 0 spiro atoms. The van der Waals surface area contributed by atoms with Crippen molar-refractivity contribution in [2.75, 3.05) is 46.8 Å². The van der Waals surface area contributed by atoms with E-state index in [1.165, 1.54) is 11.1 Å². The van der Waals surface area contributed by atoms with Gasteiger partial charge in [-0.25, -0.2) is 0 Å². The molecule has 122 valence electrons. The first-order valence-corrected chi connectivity index (χ1v) is 8.20. The number of nitrogens with zero attached hydrogens (tertiary/aromatic N) is 3. The number of aryl methyl sites for hydroxylation is 1. The highest BCUT2D eigenvalue weighted by molar-refractivity contribution is 5.77. The molecule has 1 atom stereocenters. The number of amides is 1. The molecule has 4 nitrogen and oxygen atoms in total. The third-order valence-corrected chi connectivity index (χ3v) is 4.55. The molecule has 1 heterocycles. The third kappa shape index (κ3) is 4.55. The molecule has 0 aromatic heterocycles. The van der Waals surface area contributed by atoms with Gasteiger partial charge in [-0.05, 0) is 32.4 Å². The molecule has 0 saturated carbocycles. The summed E-state index contributed by atoms with van der Waals surface area (Å²) in [5.74, 6) is 0.195. The summed E-state index contributed by atoms with van der Waals surface area (Å²) in [5, 5.41) is 0. The second-order valence-corrected chi connectivity index (χ2v) is 6.54. The van der Waals surface area contributed by atoms with Gasteiger partial charge in [0.15, 0.2) is 0 Å². The van der Waals surface area contributed by atoms with Gasteiger partial charge in [-0.15, -0.1) is 0 Å². The van der Waals surface area contributed by atoms with Gasteiger partial charge in [-0.1, -0.05) is 29.8 Å². The van der Waals surface area contributed by atoms with Crippen LogP contribution in [0.25, 0.3) is 0 Å². The van der Waals surface area contributed by atoms with Crippen LogP contribution in [0.3, 0.4) is 0 Å². The van der Waals surface area contributed by atoms with E-state index in [1.807, 2.05) is 14.1 Å².